The van der Waals surface area contributed by atoms with Gasteiger partial charge in [-0.15, -0.1) is 0 Å². The van der Waals surface area contributed by atoms with E-state index in [0.29, 0.717) is 6.04 Å². The van der Waals surface area contributed by atoms with E-state index < -0.39 is 6.03 Å². The van der Waals surface area contributed by atoms with E-state index in [1.807, 2.05) is 14.0 Å². The van der Waals surface area contributed by atoms with E-state index in [4.69, 9.17) is 5.73 Å². The highest BCUT2D eigenvalue weighted by atomic mass is 16.2. The fraction of sp³-hybridized carbons (Fsp3) is 0.833. The Bertz CT molecular complexity index is 296. The number of hydrogen-bond donors (Lipinski definition) is 3. The lowest BCUT2D eigenvalue weighted by Gasteiger charge is -2.39. The third-order valence-electron chi connectivity index (χ3n) is 3.52. The summed E-state index contributed by atoms with van der Waals surface area (Å²) in [7, 11) is 1.93. The number of nitrogens with zero attached hydrogens (tertiary/aromatic N) is 1. The predicted octanol–water partition coefficient (Wildman–Crippen LogP) is 0.0338. The molecule has 0 saturated carbocycles. The molecule has 18 heavy (non-hydrogen) atoms. The molecule has 1 saturated heterocycles. The minimum absolute atomic E-state index is 0.306. The molecule has 1 aliphatic heterocycles. The minimum Gasteiger partial charge on any atom is -0.351 e. The molecule has 3 amide bonds. The Hall–Kier alpha value is -1.14. The number of rotatable bonds is 5. The number of imide groups is 1. The smallest absolute Gasteiger partial charge is 0.318 e. The Balaban J connectivity index is 2.58. The molecule has 4 N–H and O–H groups in total. The van der Waals surface area contributed by atoms with Gasteiger partial charge in [0.2, 0.25) is 5.91 Å². The molecule has 0 aliphatic carbocycles. The molecule has 1 fully saturated rings. The predicted molar refractivity (Wildman–Crippen MR) is 70.1 cm³/mol. The maximum Gasteiger partial charge on any atom is 0.318 e. The Morgan fingerprint density at radius 2 is 2.17 bits per heavy atom. The highest BCUT2D eigenvalue weighted by Crippen LogP contribution is 2.21. The van der Waals surface area contributed by atoms with Gasteiger partial charge in [0.05, 0.1) is 6.04 Å². The zero-order valence-corrected chi connectivity index (χ0v) is 11.2. The summed E-state index contributed by atoms with van der Waals surface area (Å²) < 4.78 is 0. The number of carbonyl (C=O) groups is 2. The second-order valence-electron chi connectivity index (χ2n) is 4.81. The minimum atomic E-state index is -0.782. The average molecular weight is 256 g/mol. The van der Waals surface area contributed by atoms with Gasteiger partial charge in [0, 0.05) is 6.04 Å². The normalized spacial score (nSPS) is 22.4. The van der Waals surface area contributed by atoms with Gasteiger partial charge in [-0.2, -0.15) is 0 Å². The monoisotopic (exact) mass is 256 g/mol. The molecule has 0 aromatic heterocycles. The van der Waals surface area contributed by atoms with Crippen LogP contribution in [-0.4, -0.2) is 49.1 Å². The van der Waals surface area contributed by atoms with Crippen molar-refractivity contribution in [3.63, 3.8) is 0 Å². The first-order valence-corrected chi connectivity index (χ1v) is 6.57. The molecule has 1 aliphatic rings. The maximum atomic E-state index is 11.8. The molecule has 0 aromatic rings. The van der Waals surface area contributed by atoms with Crippen LogP contribution in [0.3, 0.4) is 0 Å². The van der Waals surface area contributed by atoms with Crippen LogP contribution in [0.2, 0.25) is 0 Å². The molecule has 6 heteroatoms. The largest absolute Gasteiger partial charge is 0.351 e. The van der Waals surface area contributed by atoms with Crippen molar-refractivity contribution < 1.29 is 9.59 Å². The van der Waals surface area contributed by atoms with Crippen molar-refractivity contribution >= 4 is 11.9 Å². The van der Waals surface area contributed by atoms with E-state index in [1.165, 1.54) is 6.42 Å². The molecular weight excluding hydrogens is 232 g/mol. The number of hydrogen-bond acceptors (Lipinski definition) is 4. The summed E-state index contributed by atoms with van der Waals surface area (Å²) in [5.74, 6) is -0.307. The summed E-state index contributed by atoms with van der Waals surface area (Å²) in [4.78, 5) is 24.7. The number of likely N-dealkylation sites (tertiary alicyclic amines) is 1. The lowest BCUT2D eigenvalue weighted by Crippen LogP contribution is -2.53. The van der Waals surface area contributed by atoms with Gasteiger partial charge >= 0.3 is 6.03 Å². The molecule has 0 aromatic carbocycles. The molecule has 1 heterocycles. The molecule has 0 bridgehead atoms. The summed E-state index contributed by atoms with van der Waals surface area (Å²) >= 11 is 0. The highest BCUT2D eigenvalue weighted by Gasteiger charge is 2.30. The van der Waals surface area contributed by atoms with E-state index >= 15 is 0 Å². The number of primary amides is 1. The molecule has 0 spiro atoms. The number of piperidine rings is 1. The molecular formula is C12H24N4O2. The van der Waals surface area contributed by atoms with Gasteiger partial charge in [-0.3, -0.25) is 15.0 Å². The molecule has 0 radical (unpaired) electrons. The quantitative estimate of drug-likeness (QED) is 0.648. The fourth-order valence-corrected chi connectivity index (χ4v) is 2.53. The van der Waals surface area contributed by atoms with Crippen LogP contribution in [0, 0.1) is 0 Å². The molecule has 1 rings (SSSR count). The zero-order valence-electron chi connectivity index (χ0n) is 11.2. The van der Waals surface area contributed by atoms with E-state index in [9.17, 15) is 9.59 Å². The third kappa shape index (κ3) is 4.27. The summed E-state index contributed by atoms with van der Waals surface area (Å²) in [5.41, 5.74) is 4.98. The Morgan fingerprint density at radius 3 is 2.78 bits per heavy atom. The van der Waals surface area contributed by atoms with Crippen molar-refractivity contribution in [2.45, 2.75) is 44.7 Å². The first-order chi connectivity index (χ1) is 8.56. The lowest BCUT2D eigenvalue weighted by molar-refractivity contribution is -0.126. The zero-order chi connectivity index (χ0) is 13.5. The first kappa shape index (κ1) is 14.9. The van der Waals surface area contributed by atoms with Crippen molar-refractivity contribution in [3.05, 3.63) is 0 Å². The lowest BCUT2D eigenvalue weighted by atomic mass is 9.97. The highest BCUT2D eigenvalue weighted by molar-refractivity contribution is 5.96. The Labute approximate surface area is 108 Å². The standard InChI is InChI=1S/C12H24N4O2/c1-9(11(17)15-12(13)18)16-8-4-3-5-10(16)6-7-14-2/h9-10,14H,3-8H2,1-2H3,(H3,13,15,17,18). The number of nitrogens with one attached hydrogen (secondary N) is 2. The van der Waals surface area contributed by atoms with Crippen LogP contribution < -0.4 is 16.4 Å². The van der Waals surface area contributed by atoms with Crippen LogP contribution in [0.4, 0.5) is 4.79 Å². The number of carbonyl (C=O) groups excluding carboxylic acids is 2. The summed E-state index contributed by atoms with van der Waals surface area (Å²) in [5, 5.41) is 5.29. The third-order valence-corrected chi connectivity index (χ3v) is 3.52. The summed E-state index contributed by atoms with van der Waals surface area (Å²) in [6.45, 7) is 3.67. The number of nitrogens with two attached hydrogens (primary N) is 1. The van der Waals surface area contributed by atoms with Crippen LogP contribution in [0.5, 0.6) is 0 Å². The Morgan fingerprint density at radius 1 is 1.44 bits per heavy atom. The summed E-state index contributed by atoms with van der Waals surface area (Å²) in [6.07, 6.45) is 4.43. The molecule has 6 nitrogen and oxygen atoms in total. The van der Waals surface area contributed by atoms with Gasteiger partial charge in [0.1, 0.15) is 0 Å². The van der Waals surface area contributed by atoms with E-state index in [0.717, 1.165) is 32.4 Å². The number of urea groups is 1. The second kappa shape index (κ2) is 7.33. The van der Waals surface area contributed by atoms with Crippen molar-refractivity contribution in [2.75, 3.05) is 20.1 Å². The van der Waals surface area contributed by atoms with Crippen LogP contribution in [0.1, 0.15) is 32.6 Å². The van der Waals surface area contributed by atoms with Gasteiger partial charge < -0.3 is 11.1 Å². The van der Waals surface area contributed by atoms with Gasteiger partial charge in [-0.05, 0) is 46.3 Å². The fourth-order valence-electron chi connectivity index (χ4n) is 2.53. The molecule has 104 valence electrons. The molecule has 2 atom stereocenters. The van der Waals surface area contributed by atoms with E-state index in [1.54, 1.807) is 0 Å². The van der Waals surface area contributed by atoms with Crippen molar-refractivity contribution in [3.8, 4) is 0 Å². The van der Waals surface area contributed by atoms with Gasteiger partial charge in [0.15, 0.2) is 0 Å². The van der Waals surface area contributed by atoms with Crippen molar-refractivity contribution in [1.82, 2.24) is 15.5 Å². The SMILES string of the molecule is CNCCC1CCCCN1C(C)C(=O)NC(N)=O. The molecule has 2 unspecified atom stereocenters. The van der Waals surface area contributed by atoms with Gasteiger partial charge in [0.25, 0.3) is 0 Å². The Kier molecular flexibility index (Phi) is 6.07. The van der Waals surface area contributed by atoms with E-state index in [2.05, 4.69) is 15.5 Å². The maximum absolute atomic E-state index is 11.8. The van der Waals surface area contributed by atoms with Crippen LogP contribution >= 0.6 is 0 Å². The van der Waals surface area contributed by atoms with Crippen molar-refractivity contribution in [2.24, 2.45) is 5.73 Å². The first-order valence-electron chi connectivity index (χ1n) is 6.57. The average Bonchev–Trinajstić information content (AvgIpc) is 2.35. The van der Waals surface area contributed by atoms with Crippen LogP contribution in [-0.2, 0) is 4.79 Å². The van der Waals surface area contributed by atoms with Crippen LogP contribution in [0.25, 0.3) is 0 Å². The van der Waals surface area contributed by atoms with Crippen LogP contribution in [0.15, 0.2) is 0 Å². The topological polar surface area (TPSA) is 87.5 Å². The van der Waals surface area contributed by atoms with E-state index in [-0.39, 0.29) is 11.9 Å². The van der Waals surface area contributed by atoms with Gasteiger partial charge in [-0.1, -0.05) is 6.42 Å². The van der Waals surface area contributed by atoms with Gasteiger partial charge in [-0.25, -0.2) is 4.79 Å². The number of amides is 3. The summed E-state index contributed by atoms with van der Waals surface area (Å²) in [6, 6.07) is -0.685. The van der Waals surface area contributed by atoms with Crippen molar-refractivity contribution in [1.29, 1.82) is 0 Å². The second-order valence-corrected chi connectivity index (χ2v) is 4.81.